The average molecular weight is 446 g/mol. The fraction of sp³-hybridized carbons (Fsp3) is 0.150. The molecule has 0 bridgehead atoms. The highest BCUT2D eigenvalue weighted by molar-refractivity contribution is 6.43. The molecule has 0 saturated heterocycles. The lowest BCUT2D eigenvalue weighted by atomic mass is 10.1. The molecule has 0 spiro atoms. The second kappa shape index (κ2) is 8.95. The van der Waals surface area contributed by atoms with Crippen molar-refractivity contribution in [3.8, 4) is 6.07 Å². The van der Waals surface area contributed by atoms with Crippen molar-refractivity contribution in [1.82, 2.24) is 4.90 Å². The Balaban J connectivity index is 1.53. The zero-order valence-electron chi connectivity index (χ0n) is 15.3. The minimum absolute atomic E-state index is 0.0415. The monoisotopic (exact) mass is 445 g/mol. The molecule has 1 heterocycles. The van der Waals surface area contributed by atoms with Gasteiger partial charge in [-0.1, -0.05) is 35.3 Å². The number of esters is 1. The number of hydrogen-bond acceptors (Lipinski definition) is 6. The van der Waals surface area contributed by atoms with Gasteiger partial charge in [0.25, 0.3) is 17.7 Å². The first-order valence-corrected chi connectivity index (χ1v) is 9.32. The van der Waals surface area contributed by atoms with Gasteiger partial charge >= 0.3 is 5.97 Å². The largest absolute Gasteiger partial charge is 0.454 e. The zero-order chi connectivity index (χ0) is 21.8. The maximum Gasteiger partial charge on any atom is 0.326 e. The first-order chi connectivity index (χ1) is 14.3. The number of nitriles is 1. The van der Waals surface area contributed by atoms with Crippen molar-refractivity contribution in [2.24, 2.45) is 0 Å². The zero-order valence-corrected chi connectivity index (χ0v) is 16.8. The van der Waals surface area contributed by atoms with Gasteiger partial charge in [0, 0.05) is 5.69 Å². The van der Waals surface area contributed by atoms with Crippen molar-refractivity contribution in [3.63, 3.8) is 0 Å². The lowest BCUT2D eigenvalue weighted by Gasteiger charge is -2.13. The highest BCUT2D eigenvalue weighted by atomic mass is 35.5. The smallest absolute Gasteiger partial charge is 0.326 e. The van der Waals surface area contributed by atoms with Crippen LogP contribution >= 0.6 is 23.2 Å². The molecule has 3 rings (SSSR count). The number of anilines is 1. The van der Waals surface area contributed by atoms with Crippen molar-refractivity contribution < 1.29 is 23.9 Å². The third kappa shape index (κ3) is 4.59. The Morgan fingerprint density at radius 2 is 1.60 bits per heavy atom. The normalized spacial score (nSPS) is 12.4. The molecule has 0 saturated carbocycles. The number of fused-ring (bicyclic) bond motifs is 1. The van der Waals surface area contributed by atoms with Gasteiger partial charge in [-0.15, -0.1) is 0 Å². The Bertz CT molecular complexity index is 1050. The number of hydrogen-bond donors (Lipinski definition) is 1. The van der Waals surface area contributed by atoms with Crippen LogP contribution in [0.4, 0.5) is 5.69 Å². The Morgan fingerprint density at radius 1 is 1.03 bits per heavy atom. The maximum atomic E-state index is 12.4. The Kier molecular flexibility index (Phi) is 6.35. The average Bonchev–Trinajstić information content (AvgIpc) is 2.93. The van der Waals surface area contributed by atoms with Gasteiger partial charge in [-0.05, 0) is 29.8 Å². The number of rotatable bonds is 6. The van der Waals surface area contributed by atoms with Crippen LogP contribution in [0.3, 0.4) is 0 Å². The number of ether oxygens (including phenoxy) is 1. The van der Waals surface area contributed by atoms with Crippen LogP contribution in [0.2, 0.25) is 10.0 Å². The summed E-state index contributed by atoms with van der Waals surface area (Å²) in [6.45, 7) is -1.25. The van der Waals surface area contributed by atoms with Crippen LogP contribution in [0.1, 0.15) is 26.3 Å². The first kappa shape index (κ1) is 21.3. The molecule has 0 fully saturated rings. The number of carbonyl (C=O) groups excluding carboxylic acids is 4. The summed E-state index contributed by atoms with van der Waals surface area (Å²) in [6.07, 6.45) is 0.252. The standard InChI is InChI=1S/C20H13Cl2N3O5/c21-15-7-13-14(8-16(15)22)20(29)25(19(13)28)9-18(27)30-10-17(26)24-12-3-1-11(2-4-12)5-6-23/h1-4,7-8H,5,9-10H2,(H,24,26). The van der Waals surface area contributed by atoms with Crippen molar-refractivity contribution in [2.45, 2.75) is 6.42 Å². The molecule has 0 unspecified atom stereocenters. The summed E-state index contributed by atoms with van der Waals surface area (Å²) in [5.74, 6) is -2.93. The lowest BCUT2D eigenvalue weighted by Crippen LogP contribution is -2.36. The number of benzene rings is 2. The fourth-order valence-corrected chi connectivity index (χ4v) is 3.07. The summed E-state index contributed by atoms with van der Waals surface area (Å²) in [6, 6.07) is 11.1. The van der Waals surface area contributed by atoms with Crippen LogP contribution in [-0.2, 0) is 20.7 Å². The quantitative estimate of drug-likeness (QED) is 0.539. The van der Waals surface area contributed by atoms with E-state index in [-0.39, 0.29) is 27.6 Å². The molecule has 0 aromatic heterocycles. The fourth-order valence-electron chi connectivity index (χ4n) is 2.74. The van der Waals surface area contributed by atoms with Gasteiger partial charge in [0.05, 0.1) is 33.7 Å². The van der Waals surface area contributed by atoms with Gasteiger partial charge in [-0.3, -0.25) is 24.1 Å². The van der Waals surface area contributed by atoms with Crippen molar-refractivity contribution in [1.29, 1.82) is 5.26 Å². The van der Waals surface area contributed by atoms with E-state index >= 15 is 0 Å². The molecular weight excluding hydrogens is 433 g/mol. The number of imide groups is 1. The van der Waals surface area contributed by atoms with Crippen LogP contribution in [-0.4, -0.2) is 41.7 Å². The number of amides is 3. The SMILES string of the molecule is N#CCc1ccc(NC(=O)COC(=O)CN2C(=O)c3cc(Cl)c(Cl)cc3C2=O)cc1. The lowest BCUT2D eigenvalue weighted by molar-refractivity contribution is -0.147. The topological polar surface area (TPSA) is 117 Å². The summed E-state index contributed by atoms with van der Waals surface area (Å²) < 4.78 is 4.85. The molecule has 10 heteroatoms. The summed E-state index contributed by atoms with van der Waals surface area (Å²) in [5, 5.41) is 11.4. The summed E-state index contributed by atoms with van der Waals surface area (Å²) >= 11 is 11.7. The maximum absolute atomic E-state index is 12.4. The molecule has 152 valence electrons. The van der Waals surface area contributed by atoms with Gasteiger partial charge in [0.15, 0.2) is 6.61 Å². The van der Waals surface area contributed by atoms with E-state index in [2.05, 4.69) is 5.32 Å². The molecule has 0 aliphatic carbocycles. The minimum Gasteiger partial charge on any atom is -0.454 e. The van der Waals surface area contributed by atoms with E-state index in [1.807, 2.05) is 6.07 Å². The summed E-state index contributed by atoms with van der Waals surface area (Å²) in [5.41, 5.74) is 1.34. The third-order valence-corrected chi connectivity index (χ3v) is 4.91. The predicted molar refractivity (Wildman–Crippen MR) is 107 cm³/mol. The van der Waals surface area contributed by atoms with Crippen LogP contribution in [0.5, 0.6) is 0 Å². The molecule has 0 atom stereocenters. The third-order valence-electron chi connectivity index (χ3n) is 4.18. The van der Waals surface area contributed by atoms with Crippen LogP contribution in [0.25, 0.3) is 0 Å². The molecule has 0 radical (unpaired) electrons. The van der Waals surface area contributed by atoms with E-state index in [0.717, 1.165) is 5.56 Å². The number of nitrogens with zero attached hydrogens (tertiary/aromatic N) is 2. The van der Waals surface area contributed by atoms with E-state index in [1.54, 1.807) is 24.3 Å². The number of carbonyl (C=O) groups is 4. The van der Waals surface area contributed by atoms with Crippen molar-refractivity contribution in [3.05, 3.63) is 63.1 Å². The Hall–Kier alpha value is -3.41. The second-order valence-electron chi connectivity index (χ2n) is 6.25. The van der Waals surface area contributed by atoms with Crippen molar-refractivity contribution in [2.75, 3.05) is 18.5 Å². The predicted octanol–water partition coefficient (Wildman–Crippen LogP) is 2.84. The number of nitrogens with one attached hydrogen (secondary N) is 1. The molecular formula is C20H13Cl2N3O5. The highest BCUT2D eigenvalue weighted by Crippen LogP contribution is 2.31. The molecule has 2 aromatic rings. The molecule has 8 nitrogen and oxygen atoms in total. The summed E-state index contributed by atoms with van der Waals surface area (Å²) in [7, 11) is 0. The van der Waals surface area contributed by atoms with E-state index in [1.165, 1.54) is 12.1 Å². The van der Waals surface area contributed by atoms with Crippen LogP contribution < -0.4 is 5.32 Å². The van der Waals surface area contributed by atoms with Gasteiger partial charge in [0.1, 0.15) is 6.54 Å². The van der Waals surface area contributed by atoms with Crippen LogP contribution in [0.15, 0.2) is 36.4 Å². The summed E-state index contributed by atoms with van der Waals surface area (Å²) in [4.78, 5) is 49.4. The highest BCUT2D eigenvalue weighted by Gasteiger charge is 2.37. The van der Waals surface area contributed by atoms with Gasteiger partial charge in [-0.2, -0.15) is 5.26 Å². The van der Waals surface area contributed by atoms with E-state index < -0.39 is 36.8 Å². The molecule has 1 aliphatic rings. The molecule has 3 amide bonds. The van der Waals surface area contributed by atoms with Gasteiger partial charge in [-0.25, -0.2) is 0 Å². The Morgan fingerprint density at radius 3 is 2.13 bits per heavy atom. The second-order valence-corrected chi connectivity index (χ2v) is 7.06. The minimum atomic E-state index is -0.929. The Labute approximate surface area is 180 Å². The van der Waals surface area contributed by atoms with Crippen molar-refractivity contribution >= 4 is 52.6 Å². The van der Waals surface area contributed by atoms with E-state index in [9.17, 15) is 19.2 Å². The molecule has 30 heavy (non-hydrogen) atoms. The first-order valence-electron chi connectivity index (χ1n) is 8.56. The van der Waals surface area contributed by atoms with Gasteiger partial charge in [0.2, 0.25) is 0 Å². The van der Waals surface area contributed by atoms with Gasteiger partial charge < -0.3 is 10.1 Å². The molecule has 1 N–H and O–H groups in total. The van der Waals surface area contributed by atoms with Crippen LogP contribution in [0, 0.1) is 11.3 Å². The van der Waals surface area contributed by atoms with E-state index in [0.29, 0.717) is 10.6 Å². The molecule has 2 aromatic carbocycles. The molecule has 1 aliphatic heterocycles. The number of halogens is 2. The van der Waals surface area contributed by atoms with E-state index in [4.69, 9.17) is 33.2 Å².